The van der Waals surface area contributed by atoms with E-state index in [0.29, 0.717) is 16.1 Å². The van der Waals surface area contributed by atoms with E-state index in [1.165, 1.54) is 12.1 Å². The summed E-state index contributed by atoms with van der Waals surface area (Å²) in [4.78, 5) is 10.2. The molecule has 0 spiro atoms. The Bertz CT molecular complexity index is 453. The minimum Gasteiger partial charge on any atom is -0.488 e. The molecule has 0 aromatic heterocycles. The normalized spacial score (nSPS) is 23.7. The van der Waals surface area contributed by atoms with E-state index in [0.717, 1.165) is 19.5 Å². The van der Waals surface area contributed by atoms with Gasteiger partial charge in [0, 0.05) is 18.7 Å². The standard InChI is InChI=1S/C12H15BrN2O3/c1-8-4-5-14-7-12(8)18-11-3-2-9(15(16)17)6-10(11)13/h2-3,6,8,12,14H,4-5,7H2,1H3. The third-order valence-electron chi connectivity index (χ3n) is 3.16. The predicted molar refractivity (Wildman–Crippen MR) is 71.9 cm³/mol. The fourth-order valence-electron chi connectivity index (χ4n) is 1.98. The molecule has 98 valence electrons. The van der Waals surface area contributed by atoms with Gasteiger partial charge in [0.15, 0.2) is 0 Å². The second-order valence-corrected chi connectivity index (χ2v) is 5.35. The van der Waals surface area contributed by atoms with Gasteiger partial charge in [-0.3, -0.25) is 10.1 Å². The largest absolute Gasteiger partial charge is 0.488 e. The average molecular weight is 315 g/mol. The van der Waals surface area contributed by atoms with Crippen molar-refractivity contribution in [3.8, 4) is 5.75 Å². The molecule has 0 radical (unpaired) electrons. The van der Waals surface area contributed by atoms with Crippen LogP contribution in [-0.4, -0.2) is 24.1 Å². The Balaban J connectivity index is 2.11. The van der Waals surface area contributed by atoms with Gasteiger partial charge in [0.05, 0.1) is 9.40 Å². The molecule has 0 aliphatic carbocycles. The van der Waals surface area contributed by atoms with Gasteiger partial charge in [-0.25, -0.2) is 0 Å². The highest BCUT2D eigenvalue weighted by molar-refractivity contribution is 9.10. The van der Waals surface area contributed by atoms with Crippen LogP contribution < -0.4 is 10.1 Å². The number of nitro benzene ring substituents is 1. The van der Waals surface area contributed by atoms with Crippen molar-refractivity contribution in [1.82, 2.24) is 5.32 Å². The fraction of sp³-hybridized carbons (Fsp3) is 0.500. The molecule has 0 saturated carbocycles. The Morgan fingerprint density at radius 3 is 2.94 bits per heavy atom. The van der Waals surface area contributed by atoms with Crippen LogP contribution in [0, 0.1) is 16.0 Å². The molecule has 1 N–H and O–H groups in total. The Morgan fingerprint density at radius 1 is 1.56 bits per heavy atom. The number of ether oxygens (including phenoxy) is 1. The van der Waals surface area contributed by atoms with Crippen LogP contribution in [0.4, 0.5) is 5.69 Å². The van der Waals surface area contributed by atoms with Crippen molar-refractivity contribution in [2.45, 2.75) is 19.4 Å². The number of benzene rings is 1. The molecule has 0 bridgehead atoms. The van der Waals surface area contributed by atoms with E-state index in [-0.39, 0.29) is 11.8 Å². The first-order chi connectivity index (χ1) is 8.58. The summed E-state index contributed by atoms with van der Waals surface area (Å²) in [7, 11) is 0. The van der Waals surface area contributed by atoms with Crippen molar-refractivity contribution in [2.24, 2.45) is 5.92 Å². The predicted octanol–water partition coefficient (Wildman–Crippen LogP) is 2.73. The topological polar surface area (TPSA) is 64.4 Å². The molecule has 1 heterocycles. The minimum atomic E-state index is -0.417. The van der Waals surface area contributed by atoms with E-state index in [1.807, 2.05) is 0 Å². The summed E-state index contributed by atoms with van der Waals surface area (Å²) in [5, 5.41) is 13.9. The summed E-state index contributed by atoms with van der Waals surface area (Å²) in [5.74, 6) is 1.13. The van der Waals surface area contributed by atoms with Gasteiger partial charge in [-0.15, -0.1) is 0 Å². The summed E-state index contributed by atoms with van der Waals surface area (Å²) in [6, 6.07) is 4.57. The maximum absolute atomic E-state index is 10.6. The molecule has 2 atom stereocenters. The van der Waals surface area contributed by atoms with Crippen molar-refractivity contribution < 1.29 is 9.66 Å². The first-order valence-electron chi connectivity index (χ1n) is 5.89. The number of rotatable bonds is 3. The summed E-state index contributed by atoms with van der Waals surface area (Å²) in [6.45, 7) is 3.98. The molecule has 5 nitrogen and oxygen atoms in total. The molecule has 6 heteroatoms. The number of nitrogens with zero attached hydrogens (tertiary/aromatic N) is 1. The lowest BCUT2D eigenvalue weighted by atomic mass is 9.97. The van der Waals surface area contributed by atoms with Gasteiger partial charge < -0.3 is 10.1 Å². The molecule has 1 aromatic carbocycles. The lowest BCUT2D eigenvalue weighted by Crippen LogP contribution is -2.42. The molecule has 0 amide bonds. The lowest BCUT2D eigenvalue weighted by molar-refractivity contribution is -0.385. The van der Waals surface area contributed by atoms with Crippen molar-refractivity contribution in [1.29, 1.82) is 0 Å². The van der Waals surface area contributed by atoms with E-state index in [9.17, 15) is 10.1 Å². The molecule has 1 aliphatic heterocycles. The highest BCUT2D eigenvalue weighted by atomic mass is 79.9. The zero-order valence-electron chi connectivity index (χ0n) is 10.1. The van der Waals surface area contributed by atoms with Crippen molar-refractivity contribution in [3.05, 3.63) is 32.8 Å². The first-order valence-corrected chi connectivity index (χ1v) is 6.68. The smallest absolute Gasteiger partial charge is 0.270 e. The number of halogens is 1. The minimum absolute atomic E-state index is 0.0593. The van der Waals surface area contributed by atoms with E-state index < -0.39 is 4.92 Å². The highest BCUT2D eigenvalue weighted by Crippen LogP contribution is 2.31. The Kier molecular flexibility index (Phi) is 4.19. The van der Waals surface area contributed by atoms with Crippen LogP contribution in [0.5, 0.6) is 5.75 Å². The summed E-state index contributed by atoms with van der Waals surface area (Å²) in [5.41, 5.74) is 0.0593. The number of hydrogen-bond donors (Lipinski definition) is 1. The van der Waals surface area contributed by atoms with Crippen LogP contribution in [0.3, 0.4) is 0 Å². The fourth-order valence-corrected chi connectivity index (χ4v) is 2.44. The maximum atomic E-state index is 10.6. The highest BCUT2D eigenvalue weighted by Gasteiger charge is 2.23. The van der Waals surface area contributed by atoms with E-state index in [4.69, 9.17) is 4.74 Å². The van der Waals surface area contributed by atoms with Crippen LogP contribution in [0.1, 0.15) is 13.3 Å². The van der Waals surface area contributed by atoms with Crippen molar-refractivity contribution in [3.63, 3.8) is 0 Å². The number of nitrogens with one attached hydrogen (secondary N) is 1. The second-order valence-electron chi connectivity index (χ2n) is 4.50. The summed E-state index contributed by atoms with van der Waals surface area (Å²) < 4.78 is 6.52. The third kappa shape index (κ3) is 3.00. The van der Waals surface area contributed by atoms with Gasteiger partial charge in [0.25, 0.3) is 5.69 Å². The van der Waals surface area contributed by atoms with Gasteiger partial charge in [0.1, 0.15) is 11.9 Å². The summed E-state index contributed by atoms with van der Waals surface area (Å²) >= 11 is 3.31. The monoisotopic (exact) mass is 314 g/mol. The zero-order chi connectivity index (χ0) is 13.1. The molecule has 2 rings (SSSR count). The first kappa shape index (κ1) is 13.3. The van der Waals surface area contributed by atoms with Crippen LogP contribution in [-0.2, 0) is 0 Å². The van der Waals surface area contributed by atoms with Crippen LogP contribution in [0.15, 0.2) is 22.7 Å². The second kappa shape index (κ2) is 5.67. The Morgan fingerprint density at radius 2 is 2.33 bits per heavy atom. The van der Waals surface area contributed by atoms with Gasteiger partial charge in [-0.1, -0.05) is 6.92 Å². The number of hydrogen-bond acceptors (Lipinski definition) is 4. The SMILES string of the molecule is CC1CCNCC1Oc1ccc([N+](=O)[O-])cc1Br. The molecule has 18 heavy (non-hydrogen) atoms. The van der Waals surface area contributed by atoms with Gasteiger partial charge in [0.2, 0.25) is 0 Å². The molecule has 1 aliphatic rings. The molecular weight excluding hydrogens is 300 g/mol. The van der Waals surface area contributed by atoms with E-state index in [1.54, 1.807) is 6.07 Å². The average Bonchev–Trinajstić information content (AvgIpc) is 2.34. The van der Waals surface area contributed by atoms with E-state index >= 15 is 0 Å². The van der Waals surface area contributed by atoms with Crippen LogP contribution >= 0.6 is 15.9 Å². The molecule has 1 fully saturated rings. The number of nitro groups is 1. The van der Waals surface area contributed by atoms with Gasteiger partial charge in [-0.2, -0.15) is 0 Å². The molecular formula is C12H15BrN2O3. The molecule has 1 saturated heterocycles. The van der Waals surface area contributed by atoms with Crippen molar-refractivity contribution >= 4 is 21.6 Å². The Labute approximate surface area is 114 Å². The maximum Gasteiger partial charge on any atom is 0.270 e. The van der Waals surface area contributed by atoms with Gasteiger partial charge >= 0.3 is 0 Å². The number of piperidine rings is 1. The van der Waals surface area contributed by atoms with E-state index in [2.05, 4.69) is 28.2 Å². The zero-order valence-corrected chi connectivity index (χ0v) is 11.6. The summed E-state index contributed by atoms with van der Waals surface area (Å²) in [6.07, 6.45) is 1.19. The van der Waals surface area contributed by atoms with Crippen molar-refractivity contribution in [2.75, 3.05) is 13.1 Å². The number of non-ortho nitro benzene ring substituents is 1. The quantitative estimate of drug-likeness (QED) is 0.688. The Hall–Kier alpha value is -1.14. The van der Waals surface area contributed by atoms with Crippen LogP contribution in [0.2, 0.25) is 0 Å². The molecule has 1 aromatic rings. The lowest BCUT2D eigenvalue weighted by Gasteiger charge is -2.30. The van der Waals surface area contributed by atoms with Gasteiger partial charge in [-0.05, 0) is 40.9 Å². The molecule has 2 unspecified atom stereocenters. The third-order valence-corrected chi connectivity index (χ3v) is 3.78. The van der Waals surface area contributed by atoms with Crippen LogP contribution in [0.25, 0.3) is 0 Å².